The van der Waals surface area contributed by atoms with Crippen LogP contribution in [0.5, 0.6) is 0 Å². The Kier molecular flexibility index (Phi) is 5.13. The van der Waals surface area contributed by atoms with Crippen molar-refractivity contribution in [3.63, 3.8) is 0 Å². The Labute approximate surface area is 148 Å². The fourth-order valence-electron chi connectivity index (χ4n) is 3.41. The van der Waals surface area contributed by atoms with Gasteiger partial charge in [0.25, 0.3) is 0 Å². The van der Waals surface area contributed by atoms with Gasteiger partial charge >= 0.3 is 0 Å². The van der Waals surface area contributed by atoms with E-state index in [0.29, 0.717) is 12.6 Å². The van der Waals surface area contributed by atoms with E-state index in [1.807, 2.05) is 33.0 Å². The van der Waals surface area contributed by atoms with Crippen LogP contribution in [0.25, 0.3) is 0 Å². The van der Waals surface area contributed by atoms with E-state index in [0.717, 1.165) is 41.4 Å². The zero-order valence-corrected chi connectivity index (χ0v) is 15.4. The van der Waals surface area contributed by atoms with Crippen LogP contribution in [0, 0.1) is 20.8 Å². The number of rotatable bonds is 5. The van der Waals surface area contributed by atoms with Crippen molar-refractivity contribution >= 4 is 5.91 Å². The molecule has 1 N–H and O–H groups in total. The Hall–Kier alpha value is -2.28. The highest BCUT2D eigenvalue weighted by atomic mass is 16.2. The van der Waals surface area contributed by atoms with Crippen LogP contribution in [0.15, 0.2) is 12.3 Å². The van der Waals surface area contributed by atoms with Gasteiger partial charge in [-0.2, -0.15) is 5.10 Å². The van der Waals surface area contributed by atoms with Gasteiger partial charge in [-0.25, -0.2) is 9.97 Å². The molecule has 3 rings (SSSR count). The summed E-state index contributed by atoms with van der Waals surface area (Å²) in [7, 11) is 2.13. The quantitative estimate of drug-likeness (QED) is 0.895. The van der Waals surface area contributed by atoms with Crippen LogP contribution < -0.4 is 5.32 Å². The Morgan fingerprint density at radius 1 is 1.36 bits per heavy atom. The minimum atomic E-state index is -0.0579. The van der Waals surface area contributed by atoms with E-state index in [-0.39, 0.29) is 12.5 Å². The van der Waals surface area contributed by atoms with E-state index >= 15 is 0 Å². The van der Waals surface area contributed by atoms with Crippen LogP contribution in [0.4, 0.5) is 0 Å². The molecule has 134 valence electrons. The monoisotopic (exact) mass is 342 g/mol. The molecule has 1 amide bonds. The third-order valence-corrected chi connectivity index (χ3v) is 4.73. The van der Waals surface area contributed by atoms with E-state index in [2.05, 4.69) is 32.3 Å². The summed E-state index contributed by atoms with van der Waals surface area (Å²) in [6.07, 6.45) is 4.11. The highest BCUT2D eigenvalue weighted by Crippen LogP contribution is 2.30. The highest BCUT2D eigenvalue weighted by Gasteiger charge is 2.26. The van der Waals surface area contributed by atoms with Gasteiger partial charge in [-0.15, -0.1) is 0 Å². The van der Waals surface area contributed by atoms with Crippen molar-refractivity contribution in [2.45, 2.75) is 52.7 Å². The fraction of sp³-hybridized carbons (Fsp3) is 0.556. The molecule has 1 aliphatic heterocycles. The molecule has 0 aromatic carbocycles. The van der Waals surface area contributed by atoms with Crippen molar-refractivity contribution in [3.05, 3.63) is 40.7 Å². The second kappa shape index (κ2) is 7.31. The maximum absolute atomic E-state index is 12.3. The lowest BCUT2D eigenvalue weighted by Gasteiger charge is -2.21. The maximum Gasteiger partial charge on any atom is 0.242 e. The number of aromatic nitrogens is 4. The Morgan fingerprint density at radius 2 is 2.16 bits per heavy atom. The first kappa shape index (κ1) is 17.5. The van der Waals surface area contributed by atoms with E-state index < -0.39 is 0 Å². The third-order valence-electron chi connectivity index (χ3n) is 4.73. The number of carbonyl (C=O) groups is 1. The zero-order valence-electron chi connectivity index (χ0n) is 15.4. The number of nitrogens with one attached hydrogen (secondary N) is 1. The summed E-state index contributed by atoms with van der Waals surface area (Å²) in [5, 5.41) is 7.32. The average molecular weight is 342 g/mol. The molecule has 1 aliphatic rings. The number of hydrogen-bond acceptors (Lipinski definition) is 5. The highest BCUT2D eigenvalue weighted by molar-refractivity contribution is 5.75. The molecule has 0 bridgehead atoms. The molecule has 0 unspecified atom stereocenters. The Balaban J connectivity index is 1.68. The largest absolute Gasteiger partial charge is 0.350 e. The SMILES string of the molecule is Cc1cc(C)n(CC(=O)NCc2cnc(C)nc2[C@H]2CCCN2C)n1. The molecule has 0 aliphatic carbocycles. The molecule has 1 saturated heterocycles. The van der Waals surface area contributed by atoms with Gasteiger partial charge in [0.05, 0.1) is 17.4 Å². The summed E-state index contributed by atoms with van der Waals surface area (Å²) >= 11 is 0. The summed E-state index contributed by atoms with van der Waals surface area (Å²) in [4.78, 5) is 23.6. The molecule has 0 saturated carbocycles. The molecule has 0 radical (unpaired) electrons. The standard InChI is InChI=1S/C18H26N6O/c1-12-8-13(2)24(22-12)11-17(25)20-10-15-9-19-14(3)21-18(15)16-6-5-7-23(16)4/h8-9,16H,5-7,10-11H2,1-4H3,(H,20,25)/t16-/m1/s1. The zero-order chi connectivity index (χ0) is 18.0. The molecule has 2 aromatic heterocycles. The second-order valence-electron chi connectivity index (χ2n) is 6.83. The van der Waals surface area contributed by atoms with Crippen LogP contribution in [-0.4, -0.2) is 44.1 Å². The molecular formula is C18H26N6O. The maximum atomic E-state index is 12.3. The van der Waals surface area contributed by atoms with E-state index in [1.54, 1.807) is 4.68 Å². The summed E-state index contributed by atoms with van der Waals surface area (Å²) < 4.78 is 1.72. The molecule has 25 heavy (non-hydrogen) atoms. The van der Waals surface area contributed by atoms with Crippen LogP contribution in [0.1, 0.15) is 47.4 Å². The summed E-state index contributed by atoms with van der Waals surface area (Å²) in [6.45, 7) is 7.54. The van der Waals surface area contributed by atoms with Gasteiger partial charge in [0.2, 0.25) is 5.91 Å². The van der Waals surface area contributed by atoms with Gasteiger partial charge in [-0.1, -0.05) is 0 Å². The van der Waals surface area contributed by atoms with E-state index in [9.17, 15) is 4.79 Å². The van der Waals surface area contributed by atoms with Crippen molar-refractivity contribution in [2.24, 2.45) is 0 Å². The lowest BCUT2D eigenvalue weighted by molar-refractivity contribution is -0.122. The molecule has 1 fully saturated rings. The first-order valence-electron chi connectivity index (χ1n) is 8.74. The lowest BCUT2D eigenvalue weighted by atomic mass is 10.1. The summed E-state index contributed by atoms with van der Waals surface area (Å²) in [5.41, 5.74) is 3.94. The first-order valence-corrected chi connectivity index (χ1v) is 8.74. The molecular weight excluding hydrogens is 316 g/mol. The number of likely N-dealkylation sites (tertiary alicyclic amines) is 1. The van der Waals surface area contributed by atoms with Gasteiger partial charge in [-0.3, -0.25) is 14.4 Å². The molecule has 0 spiro atoms. The summed E-state index contributed by atoms with van der Waals surface area (Å²) in [5.74, 6) is 0.713. The van der Waals surface area contributed by atoms with Gasteiger partial charge in [0.1, 0.15) is 12.4 Å². The van der Waals surface area contributed by atoms with Crippen molar-refractivity contribution in [2.75, 3.05) is 13.6 Å². The summed E-state index contributed by atoms with van der Waals surface area (Å²) in [6, 6.07) is 2.28. The van der Waals surface area contributed by atoms with Gasteiger partial charge in [-0.05, 0) is 53.3 Å². The number of hydrogen-bond donors (Lipinski definition) is 1. The average Bonchev–Trinajstić information content (AvgIpc) is 3.11. The van der Waals surface area contributed by atoms with Gasteiger partial charge in [0, 0.05) is 24.0 Å². The Morgan fingerprint density at radius 3 is 2.80 bits per heavy atom. The fourth-order valence-corrected chi connectivity index (χ4v) is 3.41. The van der Waals surface area contributed by atoms with E-state index in [4.69, 9.17) is 0 Å². The number of aryl methyl sites for hydroxylation is 3. The molecule has 1 atom stereocenters. The smallest absolute Gasteiger partial charge is 0.242 e. The normalized spacial score (nSPS) is 17.8. The first-order chi connectivity index (χ1) is 11.9. The second-order valence-corrected chi connectivity index (χ2v) is 6.83. The topological polar surface area (TPSA) is 75.9 Å². The number of nitrogens with zero attached hydrogens (tertiary/aromatic N) is 5. The van der Waals surface area contributed by atoms with Crippen molar-refractivity contribution in [1.82, 2.24) is 30.0 Å². The van der Waals surface area contributed by atoms with E-state index in [1.165, 1.54) is 6.42 Å². The predicted octanol–water partition coefficient (Wildman–Crippen LogP) is 1.68. The number of carbonyl (C=O) groups excluding carboxylic acids is 1. The number of amides is 1. The molecule has 7 heteroatoms. The van der Waals surface area contributed by atoms with Gasteiger partial charge in [0.15, 0.2) is 0 Å². The van der Waals surface area contributed by atoms with Crippen molar-refractivity contribution < 1.29 is 4.79 Å². The van der Waals surface area contributed by atoms with Crippen LogP contribution in [0.3, 0.4) is 0 Å². The van der Waals surface area contributed by atoms with Crippen LogP contribution in [0.2, 0.25) is 0 Å². The van der Waals surface area contributed by atoms with Gasteiger partial charge < -0.3 is 5.32 Å². The third kappa shape index (κ3) is 4.04. The molecule has 7 nitrogen and oxygen atoms in total. The Bertz CT molecular complexity index is 769. The molecule has 2 aromatic rings. The lowest BCUT2D eigenvalue weighted by Crippen LogP contribution is -2.29. The van der Waals surface area contributed by atoms with Crippen molar-refractivity contribution in [1.29, 1.82) is 0 Å². The predicted molar refractivity (Wildman–Crippen MR) is 94.9 cm³/mol. The minimum Gasteiger partial charge on any atom is -0.350 e. The molecule has 3 heterocycles. The van der Waals surface area contributed by atoms with Crippen molar-refractivity contribution in [3.8, 4) is 0 Å². The minimum absolute atomic E-state index is 0.0579. The van der Waals surface area contributed by atoms with Crippen LogP contribution in [-0.2, 0) is 17.9 Å². The van der Waals surface area contributed by atoms with Crippen LogP contribution >= 0.6 is 0 Å².